The highest BCUT2D eigenvalue weighted by molar-refractivity contribution is 8.05. The molecule has 0 spiro atoms. The number of aromatic nitrogens is 2. The van der Waals surface area contributed by atoms with Crippen molar-refractivity contribution in [3.63, 3.8) is 0 Å². The Labute approximate surface area is 152 Å². The van der Waals surface area contributed by atoms with Crippen molar-refractivity contribution in [3.05, 3.63) is 32.6 Å². The van der Waals surface area contributed by atoms with Gasteiger partial charge in [0.15, 0.2) is 0 Å². The second-order valence-corrected chi connectivity index (χ2v) is 9.65. The first kappa shape index (κ1) is 21.4. The van der Waals surface area contributed by atoms with Gasteiger partial charge in [-0.05, 0) is 22.5 Å². The molecule has 9 nitrogen and oxygen atoms in total. The first-order chi connectivity index (χ1) is 11.8. The number of aliphatic hydroxyl groups excluding tert-OH is 2. The predicted octanol–water partition coefficient (Wildman–Crippen LogP) is 0.863. The number of alkyl halides is 3. The molecule has 2 rings (SSSR count). The number of ether oxygens (including phenoxy) is 1. The fraction of sp³-hybridized carbons (Fsp3) is 0.636. The minimum atomic E-state index is -4.74. The molecule has 1 aromatic heterocycles. The van der Waals surface area contributed by atoms with Crippen molar-refractivity contribution in [1.82, 2.24) is 9.55 Å². The number of aliphatic hydroxyl groups is 2. The monoisotopic (exact) mass is 442 g/mol. The molecule has 0 radical (unpaired) electrons. The van der Waals surface area contributed by atoms with E-state index in [1.807, 2.05) is 0 Å². The Morgan fingerprint density at radius 1 is 1.31 bits per heavy atom. The molecular weight excluding hydrogens is 431 g/mol. The third-order valence-corrected chi connectivity index (χ3v) is 4.48. The van der Waals surface area contributed by atoms with Gasteiger partial charge in [0, 0.05) is 6.20 Å². The zero-order valence-electron chi connectivity index (χ0n) is 12.5. The second-order valence-electron chi connectivity index (χ2n) is 5.37. The summed E-state index contributed by atoms with van der Waals surface area (Å²) in [5.74, 6) is 0. The lowest BCUT2D eigenvalue weighted by Crippen LogP contribution is -2.38. The van der Waals surface area contributed by atoms with Gasteiger partial charge in [-0.15, -0.1) is 0 Å². The van der Waals surface area contributed by atoms with Gasteiger partial charge >= 0.3 is 17.9 Å². The molecule has 1 fully saturated rings. The van der Waals surface area contributed by atoms with Crippen LogP contribution >= 0.6 is 28.6 Å². The van der Waals surface area contributed by atoms with Gasteiger partial charge in [-0.3, -0.25) is 18.9 Å². The van der Waals surface area contributed by atoms with Gasteiger partial charge in [0.05, 0.1) is 12.2 Å². The second kappa shape index (κ2) is 7.63. The number of H-pyrrole nitrogens is 1. The van der Waals surface area contributed by atoms with E-state index in [4.69, 9.17) is 27.2 Å². The van der Waals surface area contributed by atoms with Crippen molar-refractivity contribution in [2.45, 2.75) is 37.1 Å². The third-order valence-electron chi connectivity index (χ3n) is 3.45. The molecule has 1 aliphatic rings. The van der Waals surface area contributed by atoms with Crippen LogP contribution in [-0.4, -0.2) is 50.9 Å². The zero-order chi connectivity index (χ0) is 19.9. The molecule has 1 saturated heterocycles. The van der Waals surface area contributed by atoms with E-state index in [1.54, 1.807) is 4.98 Å². The fourth-order valence-corrected chi connectivity index (χ4v) is 3.00. The highest BCUT2D eigenvalue weighted by Crippen LogP contribution is 2.57. The van der Waals surface area contributed by atoms with E-state index in [-0.39, 0.29) is 4.57 Å². The summed E-state index contributed by atoms with van der Waals surface area (Å²) in [5.41, 5.74) is -2.94. The maximum absolute atomic E-state index is 12.5. The molecular formula is C11H12Cl2F3N2O7P. The van der Waals surface area contributed by atoms with E-state index < -0.39 is 66.6 Å². The quantitative estimate of drug-likeness (QED) is 0.576. The van der Waals surface area contributed by atoms with Gasteiger partial charge in [-0.2, -0.15) is 13.2 Å². The molecule has 1 aliphatic heterocycles. The summed E-state index contributed by atoms with van der Waals surface area (Å²) in [6.07, 6.45) is -14.4. The lowest BCUT2D eigenvalue weighted by Gasteiger charge is -2.16. The summed E-state index contributed by atoms with van der Waals surface area (Å²) >= 11 is 10.3. The molecule has 0 bridgehead atoms. The molecule has 4 atom stereocenters. The van der Waals surface area contributed by atoms with Crippen LogP contribution in [0.5, 0.6) is 0 Å². The Morgan fingerprint density at radius 2 is 1.92 bits per heavy atom. The lowest BCUT2D eigenvalue weighted by atomic mass is 10.0. The molecule has 2 heterocycles. The van der Waals surface area contributed by atoms with Crippen molar-refractivity contribution in [1.29, 1.82) is 0 Å². The largest absolute Gasteiger partial charge is 0.406 e. The van der Waals surface area contributed by atoms with Gasteiger partial charge < -0.3 is 19.5 Å². The summed E-state index contributed by atoms with van der Waals surface area (Å²) < 4.78 is 58.5. The number of nitrogens with zero attached hydrogens (tertiary/aromatic N) is 1. The van der Waals surface area contributed by atoms with E-state index in [0.717, 1.165) is 0 Å². The normalized spacial score (nSPS) is 27.0. The van der Waals surface area contributed by atoms with Crippen molar-refractivity contribution in [3.8, 4) is 0 Å². The molecule has 0 saturated carbocycles. The Hall–Kier alpha value is -0.880. The Kier molecular flexibility index (Phi) is 6.28. The number of halogens is 5. The summed E-state index contributed by atoms with van der Waals surface area (Å²) in [6, 6.07) is 0. The molecule has 1 aromatic rings. The molecule has 0 unspecified atom stereocenters. The fourth-order valence-electron chi connectivity index (χ4n) is 2.34. The minimum Gasteiger partial charge on any atom is -0.387 e. The maximum Gasteiger partial charge on any atom is 0.406 e. The van der Waals surface area contributed by atoms with Crippen LogP contribution in [-0.2, 0) is 20.4 Å². The van der Waals surface area contributed by atoms with E-state index in [9.17, 15) is 37.5 Å². The number of rotatable bonds is 5. The van der Waals surface area contributed by atoms with E-state index in [1.165, 1.54) is 0 Å². The van der Waals surface area contributed by atoms with Crippen LogP contribution in [0.2, 0.25) is 0 Å². The van der Waals surface area contributed by atoms with Gasteiger partial charge in [0.1, 0.15) is 31.0 Å². The van der Waals surface area contributed by atoms with Crippen LogP contribution in [0.3, 0.4) is 0 Å². The van der Waals surface area contributed by atoms with Crippen LogP contribution in [0, 0.1) is 0 Å². The molecule has 26 heavy (non-hydrogen) atoms. The van der Waals surface area contributed by atoms with Gasteiger partial charge in [0.25, 0.3) is 5.56 Å². The molecule has 15 heteroatoms. The Bertz CT molecular complexity index is 823. The van der Waals surface area contributed by atoms with Crippen molar-refractivity contribution >= 4 is 28.6 Å². The van der Waals surface area contributed by atoms with Gasteiger partial charge in [-0.25, -0.2) is 4.79 Å². The van der Waals surface area contributed by atoms with E-state index >= 15 is 0 Å². The smallest absolute Gasteiger partial charge is 0.387 e. The minimum absolute atomic E-state index is 0.175. The number of hydrogen-bond donors (Lipinski definition) is 3. The number of aromatic amines is 1. The molecule has 3 N–H and O–H groups in total. The summed E-state index contributed by atoms with van der Waals surface area (Å²) in [4.78, 5) is 25.0. The first-order valence-electron chi connectivity index (χ1n) is 6.84. The van der Waals surface area contributed by atoms with E-state index in [0.29, 0.717) is 6.20 Å². The van der Waals surface area contributed by atoms with Crippen molar-refractivity contribution in [2.75, 3.05) is 6.61 Å². The molecule has 0 amide bonds. The summed E-state index contributed by atoms with van der Waals surface area (Å²) in [5, 5.41) is 19.9. The van der Waals surface area contributed by atoms with Crippen LogP contribution < -0.4 is 11.2 Å². The number of nitrogens with one attached hydrogen (secondary N) is 1. The SMILES string of the molecule is O=c1[nH]c(=O)n(CC(F)(F)F)cc1[C@@H]1O[C@H](COP(=O)(Cl)Cl)[C@H](O)[C@@H]1O. The molecule has 148 valence electrons. The van der Waals surface area contributed by atoms with Crippen LogP contribution in [0.25, 0.3) is 0 Å². The Balaban J connectivity index is 2.30. The highest BCUT2D eigenvalue weighted by atomic mass is 35.9. The third kappa shape index (κ3) is 5.32. The van der Waals surface area contributed by atoms with Crippen LogP contribution in [0.4, 0.5) is 13.2 Å². The maximum atomic E-state index is 12.5. The average Bonchev–Trinajstić information content (AvgIpc) is 2.74. The predicted molar refractivity (Wildman–Crippen MR) is 82.3 cm³/mol. The average molecular weight is 443 g/mol. The summed E-state index contributed by atoms with van der Waals surface area (Å²) in [6.45, 7) is -2.31. The standard InChI is InChI=1S/C11H12Cl2F3N2O7P/c12-26(13,23)24-2-5-6(19)7(20)8(25-5)4-1-18(3-11(14,15)16)10(22)17-9(4)21/h1,5-8,19-20H,2-3H2,(H,17,21,22)/t5-,6+,7+,8+/m1/s1. The van der Waals surface area contributed by atoms with E-state index in [2.05, 4.69) is 4.52 Å². The number of hydrogen-bond acceptors (Lipinski definition) is 7. The zero-order valence-corrected chi connectivity index (χ0v) is 14.9. The van der Waals surface area contributed by atoms with Crippen LogP contribution in [0.15, 0.2) is 15.8 Å². The Morgan fingerprint density at radius 3 is 2.46 bits per heavy atom. The van der Waals surface area contributed by atoms with Gasteiger partial charge in [0.2, 0.25) is 0 Å². The highest BCUT2D eigenvalue weighted by Gasteiger charge is 2.45. The van der Waals surface area contributed by atoms with Crippen molar-refractivity contribution < 1.29 is 37.2 Å². The van der Waals surface area contributed by atoms with Crippen LogP contribution in [0.1, 0.15) is 11.7 Å². The first-order valence-corrected chi connectivity index (χ1v) is 10.3. The summed E-state index contributed by atoms with van der Waals surface area (Å²) in [7, 11) is 0. The molecule has 0 aliphatic carbocycles. The molecule has 0 aromatic carbocycles. The van der Waals surface area contributed by atoms with Crippen molar-refractivity contribution in [2.24, 2.45) is 0 Å². The topological polar surface area (TPSA) is 131 Å². The van der Waals surface area contributed by atoms with Gasteiger partial charge in [-0.1, -0.05) is 0 Å². The lowest BCUT2D eigenvalue weighted by molar-refractivity contribution is -0.141.